The van der Waals surface area contributed by atoms with E-state index in [9.17, 15) is 9.59 Å². The number of hydrogen-bond acceptors (Lipinski definition) is 4. The van der Waals surface area contributed by atoms with Crippen LogP contribution in [0, 0.1) is 0 Å². The SMILES string of the molecule is COc1cccc(NC(=O)N2CCOC(C(=O)O)C2)c1. The number of urea groups is 1. The molecule has 0 bridgehead atoms. The van der Waals surface area contributed by atoms with Gasteiger partial charge in [-0.1, -0.05) is 6.07 Å². The summed E-state index contributed by atoms with van der Waals surface area (Å²) in [6, 6.07) is 6.59. The third kappa shape index (κ3) is 3.39. The van der Waals surface area contributed by atoms with Crippen molar-refractivity contribution in [2.45, 2.75) is 6.10 Å². The molecule has 1 unspecified atom stereocenters. The van der Waals surface area contributed by atoms with Gasteiger partial charge < -0.3 is 24.8 Å². The Morgan fingerprint density at radius 1 is 1.50 bits per heavy atom. The molecule has 20 heavy (non-hydrogen) atoms. The maximum Gasteiger partial charge on any atom is 0.334 e. The summed E-state index contributed by atoms with van der Waals surface area (Å²) in [5, 5.41) is 11.6. The summed E-state index contributed by atoms with van der Waals surface area (Å²) in [6.07, 6.45) is -0.972. The third-order valence-corrected chi connectivity index (χ3v) is 2.95. The second-order valence-corrected chi connectivity index (χ2v) is 4.31. The number of benzene rings is 1. The monoisotopic (exact) mass is 280 g/mol. The number of carbonyl (C=O) groups excluding carboxylic acids is 1. The summed E-state index contributed by atoms with van der Waals surface area (Å²) in [7, 11) is 1.54. The first-order valence-corrected chi connectivity index (χ1v) is 6.14. The average molecular weight is 280 g/mol. The predicted molar refractivity (Wildman–Crippen MR) is 71.0 cm³/mol. The van der Waals surface area contributed by atoms with Gasteiger partial charge in [-0.2, -0.15) is 0 Å². The van der Waals surface area contributed by atoms with E-state index in [4.69, 9.17) is 14.6 Å². The van der Waals surface area contributed by atoms with Crippen molar-refractivity contribution in [2.75, 3.05) is 32.1 Å². The van der Waals surface area contributed by atoms with Gasteiger partial charge in [0.25, 0.3) is 0 Å². The molecule has 7 nitrogen and oxygen atoms in total. The van der Waals surface area contributed by atoms with Gasteiger partial charge in [-0.05, 0) is 12.1 Å². The highest BCUT2D eigenvalue weighted by molar-refractivity contribution is 5.90. The largest absolute Gasteiger partial charge is 0.497 e. The minimum atomic E-state index is -1.07. The normalized spacial score (nSPS) is 18.4. The molecular weight excluding hydrogens is 264 g/mol. The van der Waals surface area contributed by atoms with Crippen LogP contribution >= 0.6 is 0 Å². The molecule has 108 valence electrons. The molecule has 0 radical (unpaired) electrons. The zero-order valence-electron chi connectivity index (χ0n) is 11.0. The molecule has 1 heterocycles. The van der Waals surface area contributed by atoms with E-state index in [1.54, 1.807) is 31.4 Å². The minimum Gasteiger partial charge on any atom is -0.497 e. The lowest BCUT2D eigenvalue weighted by Gasteiger charge is -2.30. The number of amides is 2. The van der Waals surface area contributed by atoms with Crippen molar-refractivity contribution in [1.29, 1.82) is 0 Å². The van der Waals surface area contributed by atoms with Crippen LogP contribution in [0.25, 0.3) is 0 Å². The fourth-order valence-corrected chi connectivity index (χ4v) is 1.89. The van der Waals surface area contributed by atoms with E-state index >= 15 is 0 Å². The van der Waals surface area contributed by atoms with Crippen LogP contribution in [-0.4, -0.2) is 54.9 Å². The molecule has 1 aliphatic rings. The van der Waals surface area contributed by atoms with Crippen molar-refractivity contribution in [2.24, 2.45) is 0 Å². The molecule has 1 aliphatic heterocycles. The molecule has 1 aromatic rings. The van der Waals surface area contributed by atoms with Gasteiger partial charge in [0.15, 0.2) is 6.10 Å². The van der Waals surface area contributed by atoms with Gasteiger partial charge in [0.05, 0.1) is 20.3 Å². The summed E-state index contributed by atoms with van der Waals surface area (Å²) in [4.78, 5) is 24.3. The van der Waals surface area contributed by atoms with Crippen molar-refractivity contribution < 1.29 is 24.2 Å². The lowest BCUT2D eigenvalue weighted by Crippen LogP contribution is -2.49. The smallest absolute Gasteiger partial charge is 0.334 e. The van der Waals surface area contributed by atoms with Crippen LogP contribution in [0.15, 0.2) is 24.3 Å². The Morgan fingerprint density at radius 3 is 3.00 bits per heavy atom. The molecule has 1 atom stereocenters. The number of anilines is 1. The van der Waals surface area contributed by atoms with Gasteiger partial charge in [-0.15, -0.1) is 0 Å². The first-order chi connectivity index (χ1) is 9.60. The number of carbonyl (C=O) groups is 2. The van der Waals surface area contributed by atoms with E-state index in [0.717, 1.165) is 0 Å². The number of carboxylic acids is 1. The molecule has 1 fully saturated rings. The average Bonchev–Trinajstić information content (AvgIpc) is 2.47. The van der Waals surface area contributed by atoms with Crippen LogP contribution in [-0.2, 0) is 9.53 Å². The highest BCUT2D eigenvalue weighted by Gasteiger charge is 2.28. The molecule has 2 amide bonds. The maximum atomic E-state index is 12.1. The van der Waals surface area contributed by atoms with Crippen LogP contribution < -0.4 is 10.1 Å². The van der Waals surface area contributed by atoms with Crippen LogP contribution in [0.4, 0.5) is 10.5 Å². The lowest BCUT2D eigenvalue weighted by atomic mass is 10.2. The zero-order valence-corrected chi connectivity index (χ0v) is 11.0. The van der Waals surface area contributed by atoms with E-state index in [1.165, 1.54) is 4.90 Å². The molecule has 1 saturated heterocycles. The number of aliphatic carboxylic acids is 1. The third-order valence-electron chi connectivity index (χ3n) is 2.95. The van der Waals surface area contributed by atoms with Crippen LogP contribution in [0.2, 0.25) is 0 Å². The fourth-order valence-electron chi connectivity index (χ4n) is 1.89. The molecule has 2 N–H and O–H groups in total. The second-order valence-electron chi connectivity index (χ2n) is 4.31. The zero-order chi connectivity index (χ0) is 14.5. The minimum absolute atomic E-state index is 0.0329. The van der Waals surface area contributed by atoms with E-state index in [-0.39, 0.29) is 19.2 Å². The van der Waals surface area contributed by atoms with Gasteiger partial charge in [-0.25, -0.2) is 9.59 Å². The van der Waals surface area contributed by atoms with Crippen molar-refractivity contribution >= 4 is 17.7 Å². The molecule has 7 heteroatoms. The Morgan fingerprint density at radius 2 is 2.30 bits per heavy atom. The van der Waals surface area contributed by atoms with E-state index in [0.29, 0.717) is 18.0 Å². The van der Waals surface area contributed by atoms with E-state index in [1.807, 2.05) is 0 Å². The molecule has 2 rings (SSSR count). The standard InChI is InChI=1S/C13H16N2O5/c1-19-10-4-2-3-9(7-10)14-13(18)15-5-6-20-11(8-15)12(16)17/h2-4,7,11H,5-6,8H2,1H3,(H,14,18)(H,16,17). The van der Waals surface area contributed by atoms with Gasteiger partial charge in [0.1, 0.15) is 5.75 Å². The molecule has 1 aromatic carbocycles. The number of ether oxygens (including phenoxy) is 2. The van der Waals surface area contributed by atoms with Crippen LogP contribution in [0.1, 0.15) is 0 Å². The van der Waals surface area contributed by atoms with Crippen LogP contribution in [0.5, 0.6) is 5.75 Å². The topological polar surface area (TPSA) is 88.1 Å². The highest BCUT2D eigenvalue weighted by Crippen LogP contribution is 2.17. The highest BCUT2D eigenvalue weighted by atomic mass is 16.5. The predicted octanol–water partition coefficient (Wildman–Crippen LogP) is 1.01. The summed E-state index contributed by atoms with van der Waals surface area (Å²) in [5.74, 6) is -0.433. The molecule has 0 spiro atoms. The van der Waals surface area contributed by atoms with Crippen molar-refractivity contribution in [3.05, 3.63) is 24.3 Å². The summed E-state index contributed by atoms with van der Waals surface area (Å²) >= 11 is 0. The van der Waals surface area contributed by atoms with Crippen LogP contribution in [0.3, 0.4) is 0 Å². The van der Waals surface area contributed by atoms with Gasteiger partial charge >= 0.3 is 12.0 Å². The number of morpholine rings is 1. The van der Waals surface area contributed by atoms with Crippen molar-refractivity contribution in [3.8, 4) is 5.75 Å². The molecule has 0 aromatic heterocycles. The Labute approximate surface area is 116 Å². The molecule has 0 saturated carbocycles. The first-order valence-electron chi connectivity index (χ1n) is 6.14. The summed E-state index contributed by atoms with van der Waals surface area (Å²) < 4.78 is 10.1. The Kier molecular flexibility index (Phi) is 4.41. The molecular formula is C13H16N2O5. The second kappa shape index (κ2) is 6.25. The number of nitrogens with zero attached hydrogens (tertiary/aromatic N) is 1. The number of rotatable bonds is 3. The summed E-state index contributed by atoms with van der Waals surface area (Å²) in [5.41, 5.74) is 0.590. The van der Waals surface area contributed by atoms with Gasteiger partial charge in [0, 0.05) is 18.3 Å². The lowest BCUT2D eigenvalue weighted by molar-refractivity contribution is -0.154. The van der Waals surface area contributed by atoms with E-state index in [2.05, 4.69) is 5.32 Å². The number of carboxylic acid groups (broad SMARTS) is 1. The Balaban J connectivity index is 1.98. The Bertz CT molecular complexity index is 505. The quantitative estimate of drug-likeness (QED) is 0.862. The number of hydrogen-bond donors (Lipinski definition) is 2. The Hall–Kier alpha value is -2.28. The summed E-state index contributed by atoms with van der Waals surface area (Å²) in [6.45, 7) is 0.604. The first kappa shape index (κ1) is 14.1. The van der Waals surface area contributed by atoms with Crippen molar-refractivity contribution in [3.63, 3.8) is 0 Å². The number of methoxy groups -OCH3 is 1. The van der Waals surface area contributed by atoms with E-state index < -0.39 is 12.1 Å². The van der Waals surface area contributed by atoms with Gasteiger partial charge in [-0.3, -0.25) is 0 Å². The van der Waals surface area contributed by atoms with Crippen molar-refractivity contribution in [1.82, 2.24) is 4.90 Å². The number of nitrogens with one attached hydrogen (secondary N) is 1. The fraction of sp³-hybridized carbons (Fsp3) is 0.385. The maximum absolute atomic E-state index is 12.1. The van der Waals surface area contributed by atoms with Gasteiger partial charge in [0.2, 0.25) is 0 Å². The molecule has 0 aliphatic carbocycles.